The van der Waals surface area contributed by atoms with Gasteiger partial charge in [-0.05, 0) is 48.4 Å². The number of hydrogen-bond acceptors (Lipinski definition) is 5. The molecule has 5 nitrogen and oxygen atoms in total. The number of thiophene rings is 1. The number of piperidine rings is 1. The summed E-state index contributed by atoms with van der Waals surface area (Å²) in [6, 6.07) is 12.3. The number of hydrogen-bond donors (Lipinski definition) is 1. The van der Waals surface area contributed by atoms with Crippen LogP contribution in [0.2, 0.25) is 5.02 Å². The van der Waals surface area contributed by atoms with E-state index in [0.717, 1.165) is 23.8 Å². The fourth-order valence-electron chi connectivity index (χ4n) is 4.11. The molecule has 0 unspecified atom stereocenters. The molecule has 5 rings (SSSR count). The van der Waals surface area contributed by atoms with Gasteiger partial charge in [-0.25, -0.2) is 4.68 Å². The summed E-state index contributed by atoms with van der Waals surface area (Å²) in [6.45, 7) is 1.60. The normalized spacial score (nSPS) is 25.9. The third-order valence-electron chi connectivity index (χ3n) is 5.83. The van der Waals surface area contributed by atoms with Crippen molar-refractivity contribution in [3.05, 3.63) is 69.1 Å². The molecule has 2 aliphatic rings. The third kappa shape index (κ3) is 3.74. The SMILES string of the molecule is O[C@@H]1C[C@H](c2ccc(Cl)cc2)N(Cc2cccs2)C[C@H]1n1cc(C2CC2)nn1. The zero-order valence-electron chi connectivity index (χ0n) is 15.5. The number of likely N-dealkylation sites (tertiary alicyclic amines) is 1. The van der Waals surface area contributed by atoms with Crippen molar-refractivity contribution in [2.75, 3.05) is 6.54 Å². The van der Waals surface area contributed by atoms with Crippen LogP contribution in [-0.2, 0) is 6.54 Å². The van der Waals surface area contributed by atoms with Crippen molar-refractivity contribution in [2.24, 2.45) is 0 Å². The van der Waals surface area contributed by atoms with Crippen molar-refractivity contribution in [3.63, 3.8) is 0 Å². The third-order valence-corrected chi connectivity index (χ3v) is 6.94. The van der Waals surface area contributed by atoms with Gasteiger partial charge in [0, 0.05) is 41.1 Å². The molecule has 3 heterocycles. The van der Waals surface area contributed by atoms with E-state index in [4.69, 9.17) is 11.6 Å². The Labute approximate surface area is 173 Å². The fraction of sp³-hybridized carbons (Fsp3) is 0.429. The molecular formula is C21H23ClN4OS. The summed E-state index contributed by atoms with van der Waals surface area (Å²) in [5.74, 6) is 0.568. The van der Waals surface area contributed by atoms with E-state index in [1.807, 2.05) is 23.0 Å². The Balaban J connectivity index is 1.42. The summed E-state index contributed by atoms with van der Waals surface area (Å²) in [5.41, 5.74) is 2.26. The highest BCUT2D eigenvalue weighted by Crippen LogP contribution is 2.40. The molecule has 146 valence electrons. The summed E-state index contributed by atoms with van der Waals surface area (Å²) in [6.07, 6.45) is 4.65. The van der Waals surface area contributed by atoms with Crippen molar-refractivity contribution in [3.8, 4) is 0 Å². The molecule has 3 atom stereocenters. The van der Waals surface area contributed by atoms with Crippen molar-refractivity contribution in [1.29, 1.82) is 0 Å². The molecule has 1 aromatic carbocycles. The van der Waals surface area contributed by atoms with Crippen molar-refractivity contribution >= 4 is 22.9 Å². The van der Waals surface area contributed by atoms with Gasteiger partial charge in [0.25, 0.3) is 0 Å². The second-order valence-electron chi connectivity index (χ2n) is 7.84. The Kier molecular flexibility index (Phi) is 4.97. The van der Waals surface area contributed by atoms with E-state index in [1.165, 1.54) is 23.3 Å². The van der Waals surface area contributed by atoms with E-state index in [1.54, 1.807) is 11.3 Å². The van der Waals surface area contributed by atoms with Crippen LogP contribution in [0.1, 0.15) is 53.4 Å². The first-order valence-corrected chi connectivity index (χ1v) is 11.0. The first-order chi connectivity index (χ1) is 13.7. The lowest BCUT2D eigenvalue weighted by Crippen LogP contribution is -2.45. The van der Waals surface area contributed by atoms with Gasteiger partial charge in [-0.15, -0.1) is 16.4 Å². The maximum Gasteiger partial charge on any atom is 0.0923 e. The molecule has 2 aromatic heterocycles. The molecule has 0 amide bonds. The highest BCUT2D eigenvalue weighted by atomic mass is 35.5. The molecular weight excluding hydrogens is 392 g/mol. The van der Waals surface area contributed by atoms with Gasteiger partial charge < -0.3 is 5.11 Å². The lowest BCUT2D eigenvalue weighted by molar-refractivity contribution is -0.0105. The number of aliphatic hydroxyl groups is 1. The van der Waals surface area contributed by atoms with Gasteiger partial charge >= 0.3 is 0 Å². The van der Waals surface area contributed by atoms with Crippen LogP contribution in [0.25, 0.3) is 0 Å². The van der Waals surface area contributed by atoms with Gasteiger partial charge in [-0.2, -0.15) is 0 Å². The van der Waals surface area contributed by atoms with Gasteiger partial charge in [0.05, 0.1) is 17.8 Å². The lowest BCUT2D eigenvalue weighted by Gasteiger charge is -2.42. The molecule has 7 heteroatoms. The molecule has 28 heavy (non-hydrogen) atoms. The molecule has 3 aromatic rings. The number of halogens is 1. The Morgan fingerprint density at radius 3 is 2.71 bits per heavy atom. The van der Waals surface area contributed by atoms with Gasteiger partial charge in [0.1, 0.15) is 0 Å². The fourth-order valence-corrected chi connectivity index (χ4v) is 4.97. The summed E-state index contributed by atoms with van der Waals surface area (Å²) in [7, 11) is 0. The first kappa shape index (κ1) is 18.3. The molecule has 0 spiro atoms. The molecule has 0 radical (unpaired) electrons. The van der Waals surface area contributed by atoms with E-state index < -0.39 is 6.10 Å². The van der Waals surface area contributed by atoms with Crippen LogP contribution in [0, 0.1) is 0 Å². The van der Waals surface area contributed by atoms with E-state index in [0.29, 0.717) is 12.3 Å². The molecule has 0 bridgehead atoms. The lowest BCUT2D eigenvalue weighted by atomic mass is 9.90. The zero-order chi connectivity index (χ0) is 19.1. The van der Waals surface area contributed by atoms with Crippen molar-refractivity contribution in [1.82, 2.24) is 19.9 Å². The Morgan fingerprint density at radius 1 is 1.18 bits per heavy atom. The standard InChI is InChI=1S/C21H23ClN4OS/c22-16-7-5-15(6-8-16)19-10-21(27)20(13-25(19)11-17-2-1-9-28-17)26-12-18(23-24-26)14-3-4-14/h1-2,5-9,12,14,19-21,27H,3-4,10-11,13H2/t19-,20-,21-/m1/s1. The summed E-state index contributed by atoms with van der Waals surface area (Å²) >= 11 is 7.86. The largest absolute Gasteiger partial charge is 0.391 e. The minimum atomic E-state index is -0.464. The summed E-state index contributed by atoms with van der Waals surface area (Å²) < 4.78 is 1.89. The van der Waals surface area contributed by atoms with Crippen molar-refractivity contribution in [2.45, 2.75) is 49.9 Å². The molecule has 1 aliphatic heterocycles. The number of aromatic nitrogens is 3. The van der Waals surface area contributed by atoms with Gasteiger partial charge in [-0.1, -0.05) is 35.0 Å². The minimum absolute atomic E-state index is 0.0801. The van der Waals surface area contributed by atoms with Gasteiger partial charge in [-0.3, -0.25) is 4.90 Å². The Hall–Kier alpha value is -1.73. The molecule has 1 saturated heterocycles. The van der Waals surface area contributed by atoms with Crippen LogP contribution < -0.4 is 0 Å². The molecule has 2 fully saturated rings. The topological polar surface area (TPSA) is 54.2 Å². The van der Waals surface area contributed by atoms with Crippen molar-refractivity contribution < 1.29 is 5.11 Å². The molecule has 1 N–H and O–H groups in total. The Morgan fingerprint density at radius 2 is 2.00 bits per heavy atom. The number of aliphatic hydroxyl groups excluding tert-OH is 1. The van der Waals surface area contributed by atoms with Crippen LogP contribution in [0.5, 0.6) is 0 Å². The van der Waals surface area contributed by atoms with Gasteiger partial charge in [0.2, 0.25) is 0 Å². The average Bonchev–Trinajstić information content (AvgIpc) is 3.21. The quantitative estimate of drug-likeness (QED) is 0.671. The first-order valence-electron chi connectivity index (χ1n) is 9.79. The average molecular weight is 415 g/mol. The minimum Gasteiger partial charge on any atom is -0.391 e. The maximum absolute atomic E-state index is 11.0. The van der Waals surface area contributed by atoms with E-state index >= 15 is 0 Å². The van der Waals surface area contributed by atoms with E-state index in [-0.39, 0.29) is 12.1 Å². The highest BCUT2D eigenvalue weighted by molar-refractivity contribution is 7.09. The van der Waals surface area contributed by atoms with Gasteiger partial charge in [0.15, 0.2) is 0 Å². The number of benzene rings is 1. The maximum atomic E-state index is 11.0. The smallest absolute Gasteiger partial charge is 0.0923 e. The van der Waals surface area contributed by atoms with Crippen LogP contribution >= 0.6 is 22.9 Å². The second-order valence-corrected chi connectivity index (χ2v) is 9.31. The molecule has 1 aliphatic carbocycles. The zero-order valence-corrected chi connectivity index (χ0v) is 17.1. The highest BCUT2D eigenvalue weighted by Gasteiger charge is 2.38. The van der Waals surface area contributed by atoms with Crippen LogP contribution in [-0.4, -0.2) is 37.6 Å². The predicted molar refractivity (Wildman–Crippen MR) is 111 cm³/mol. The van der Waals surface area contributed by atoms with Crippen LogP contribution in [0.4, 0.5) is 0 Å². The van der Waals surface area contributed by atoms with Crippen LogP contribution in [0.15, 0.2) is 48.0 Å². The monoisotopic (exact) mass is 414 g/mol. The van der Waals surface area contributed by atoms with E-state index in [2.05, 4.69) is 44.9 Å². The number of rotatable bonds is 5. The summed E-state index contributed by atoms with van der Waals surface area (Å²) in [5, 5.41) is 22.5. The van der Waals surface area contributed by atoms with Crippen LogP contribution in [0.3, 0.4) is 0 Å². The number of nitrogens with zero attached hydrogens (tertiary/aromatic N) is 4. The molecule has 1 saturated carbocycles. The Bertz CT molecular complexity index is 922. The predicted octanol–water partition coefficient (Wildman–Crippen LogP) is 4.42. The van der Waals surface area contributed by atoms with E-state index in [9.17, 15) is 5.11 Å². The second kappa shape index (κ2) is 7.59. The summed E-state index contributed by atoms with van der Waals surface area (Å²) in [4.78, 5) is 3.77.